The number of amides is 3. The molecule has 0 radical (unpaired) electrons. The zero-order chi connectivity index (χ0) is 17.1. The van der Waals surface area contributed by atoms with Crippen LogP contribution < -0.4 is 10.6 Å². The maximum atomic E-state index is 12.4. The SMILES string of the molecule is Cc1ccccc1C(=O)NC1CCN(C(=O)C2CCC(=O)N2)CC1. The third kappa shape index (κ3) is 3.58. The summed E-state index contributed by atoms with van der Waals surface area (Å²) in [6.45, 7) is 3.15. The predicted octanol–water partition coefficient (Wildman–Crippen LogP) is 0.994. The summed E-state index contributed by atoms with van der Waals surface area (Å²) in [7, 11) is 0. The molecular formula is C18H23N3O3. The molecule has 2 heterocycles. The zero-order valence-corrected chi connectivity index (χ0v) is 13.9. The Labute approximate surface area is 141 Å². The molecule has 2 N–H and O–H groups in total. The van der Waals surface area contributed by atoms with Gasteiger partial charge in [-0.2, -0.15) is 0 Å². The molecule has 6 nitrogen and oxygen atoms in total. The minimum Gasteiger partial charge on any atom is -0.349 e. The molecule has 0 spiro atoms. The van der Waals surface area contributed by atoms with Crippen LogP contribution in [0.5, 0.6) is 0 Å². The van der Waals surface area contributed by atoms with Crippen molar-refractivity contribution in [1.82, 2.24) is 15.5 Å². The maximum absolute atomic E-state index is 12.4. The van der Waals surface area contributed by atoms with Crippen molar-refractivity contribution >= 4 is 17.7 Å². The van der Waals surface area contributed by atoms with Gasteiger partial charge in [-0.1, -0.05) is 18.2 Å². The van der Waals surface area contributed by atoms with E-state index < -0.39 is 0 Å². The molecule has 2 aliphatic heterocycles. The van der Waals surface area contributed by atoms with Gasteiger partial charge in [0, 0.05) is 31.1 Å². The quantitative estimate of drug-likeness (QED) is 0.868. The molecule has 1 aromatic rings. The molecule has 24 heavy (non-hydrogen) atoms. The van der Waals surface area contributed by atoms with E-state index in [1.807, 2.05) is 31.2 Å². The second-order valence-electron chi connectivity index (χ2n) is 6.55. The molecule has 6 heteroatoms. The lowest BCUT2D eigenvalue weighted by Gasteiger charge is -2.33. The van der Waals surface area contributed by atoms with Crippen molar-refractivity contribution in [3.8, 4) is 0 Å². The van der Waals surface area contributed by atoms with Gasteiger partial charge in [-0.3, -0.25) is 14.4 Å². The van der Waals surface area contributed by atoms with Crippen LogP contribution in [0.3, 0.4) is 0 Å². The standard InChI is InChI=1S/C18H23N3O3/c1-12-4-2-3-5-14(12)17(23)19-13-8-10-21(11-9-13)18(24)15-6-7-16(22)20-15/h2-5,13,15H,6-11H2,1H3,(H,19,23)(H,20,22). The highest BCUT2D eigenvalue weighted by molar-refractivity contribution is 5.95. The van der Waals surface area contributed by atoms with Gasteiger partial charge in [0.1, 0.15) is 6.04 Å². The Morgan fingerprint density at radius 1 is 1.17 bits per heavy atom. The number of nitrogens with zero attached hydrogens (tertiary/aromatic N) is 1. The van der Waals surface area contributed by atoms with Crippen LogP contribution in [-0.2, 0) is 9.59 Å². The molecule has 2 fully saturated rings. The molecule has 0 aliphatic carbocycles. The molecular weight excluding hydrogens is 306 g/mol. The van der Waals surface area contributed by atoms with Gasteiger partial charge in [-0.15, -0.1) is 0 Å². The van der Waals surface area contributed by atoms with Crippen LogP contribution in [0.15, 0.2) is 24.3 Å². The van der Waals surface area contributed by atoms with Crippen LogP contribution in [0.2, 0.25) is 0 Å². The van der Waals surface area contributed by atoms with Crippen molar-refractivity contribution in [1.29, 1.82) is 0 Å². The Hall–Kier alpha value is -2.37. The molecule has 0 bridgehead atoms. The average Bonchev–Trinajstić information content (AvgIpc) is 3.02. The number of carbonyl (C=O) groups excluding carboxylic acids is 3. The lowest BCUT2D eigenvalue weighted by Crippen LogP contribution is -2.51. The second kappa shape index (κ2) is 7.03. The maximum Gasteiger partial charge on any atom is 0.251 e. The summed E-state index contributed by atoms with van der Waals surface area (Å²) in [4.78, 5) is 37.8. The number of hydrogen-bond donors (Lipinski definition) is 2. The molecule has 0 saturated carbocycles. The zero-order valence-electron chi connectivity index (χ0n) is 13.9. The molecule has 0 aromatic heterocycles. The minimum atomic E-state index is -0.365. The first-order valence-electron chi connectivity index (χ1n) is 8.49. The summed E-state index contributed by atoms with van der Waals surface area (Å²) in [6, 6.07) is 7.24. The van der Waals surface area contributed by atoms with E-state index in [-0.39, 0.29) is 29.8 Å². The van der Waals surface area contributed by atoms with Crippen LogP contribution in [-0.4, -0.2) is 47.8 Å². The average molecular weight is 329 g/mol. The van der Waals surface area contributed by atoms with Gasteiger partial charge >= 0.3 is 0 Å². The Balaban J connectivity index is 1.50. The summed E-state index contributed by atoms with van der Waals surface area (Å²) in [5, 5.41) is 5.79. The van der Waals surface area contributed by atoms with Gasteiger partial charge in [-0.05, 0) is 37.8 Å². The number of likely N-dealkylation sites (tertiary alicyclic amines) is 1. The van der Waals surface area contributed by atoms with Crippen LogP contribution in [0, 0.1) is 6.92 Å². The Bertz CT molecular complexity index is 651. The Morgan fingerprint density at radius 2 is 1.88 bits per heavy atom. The van der Waals surface area contributed by atoms with Gasteiger partial charge < -0.3 is 15.5 Å². The topological polar surface area (TPSA) is 78.5 Å². The molecule has 2 aliphatic rings. The largest absolute Gasteiger partial charge is 0.349 e. The first-order chi connectivity index (χ1) is 11.5. The highest BCUT2D eigenvalue weighted by atomic mass is 16.2. The number of nitrogens with one attached hydrogen (secondary N) is 2. The van der Waals surface area contributed by atoms with Crippen molar-refractivity contribution in [3.63, 3.8) is 0 Å². The summed E-state index contributed by atoms with van der Waals surface area (Å²) in [6.07, 6.45) is 2.50. The number of aryl methyl sites for hydroxylation is 1. The Kier molecular flexibility index (Phi) is 4.83. The van der Waals surface area contributed by atoms with E-state index in [2.05, 4.69) is 10.6 Å². The lowest BCUT2D eigenvalue weighted by molar-refractivity contribution is -0.135. The van der Waals surface area contributed by atoms with Gasteiger partial charge in [0.05, 0.1) is 0 Å². The van der Waals surface area contributed by atoms with Crippen molar-refractivity contribution in [2.24, 2.45) is 0 Å². The fraction of sp³-hybridized carbons (Fsp3) is 0.500. The van der Waals surface area contributed by atoms with E-state index in [0.29, 0.717) is 31.5 Å². The van der Waals surface area contributed by atoms with E-state index in [1.54, 1.807) is 4.90 Å². The van der Waals surface area contributed by atoms with E-state index in [0.717, 1.165) is 18.4 Å². The minimum absolute atomic E-state index is 0.00419. The highest BCUT2D eigenvalue weighted by Gasteiger charge is 2.32. The molecule has 2 saturated heterocycles. The summed E-state index contributed by atoms with van der Waals surface area (Å²) < 4.78 is 0. The fourth-order valence-electron chi connectivity index (χ4n) is 3.35. The van der Waals surface area contributed by atoms with Crippen LogP contribution in [0.4, 0.5) is 0 Å². The number of hydrogen-bond acceptors (Lipinski definition) is 3. The van der Waals surface area contributed by atoms with Gasteiger partial charge in [-0.25, -0.2) is 0 Å². The molecule has 128 valence electrons. The van der Waals surface area contributed by atoms with Crippen LogP contribution in [0.1, 0.15) is 41.6 Å². The van der Waals surface area contributed by atoms with Gasteiger partial charge in [0.25, 0.3) is 5.91 Å². The summed E-state index contributed by atoms with van der Waals surface area (Å²) >= 11 is 0. The first-order valence-corrected chi connectivity index (χ1v) is 8.49. The van der Waals surface area contributed by atoms with Crippen molar-refractivity contribution in [2.75, 3.05) is 13.1 Å². The Morgan fingerprint density at radius 3 is 2.50 bits per heavy atom. The third-order valence-electron chi connectivity index (χ3n) is 4.82. The van der Waals surface area contributed by atoms with Crippen molar-refractivity contribution in [2.45, 2.75) is 44.7 Å². The van der Waals surface area contributed by atoms with Crippen molar-refractivity contribution < 1.29 is 14.4 Å². The van der Waals surface area contributed by atoms with Crippen LogP contribution >= 0.6 is 0 Å². The lowest BCUT2D eigenvalue weighted by atomic mass is 10.0. The molecule has 3 amide bonds. The molecule has 1 atom stereocenters. The molecule has 1 aromatic carbocycles. The summed E-state index contributed by atoms with van der Waals surface area (Å²) in [5.41, 5.74) is 1.66. The van der Waals surface area contributed by atoms with Gasteiger partial charge in [0.15, 0.2) is 0 Å². The molecule has 1 unspecified atom stereocenters. The van der Waals surface area contributed by atoms with E-state index in [1.165, 1.54) is 0 Å². The fourth-order valence-corrected chi connectivity index (χ4v) is 3.35. The number of rotatable bonds is 3. The number of benzene rings is 1. The predicted molar refractivity (Wildman–Crippen MR) is 89.4 cm³/mol. The van der Waals surface area contributed by atoms with Crippen molar-refractivity contribution in [3.05, 3.63) is 35.4 Å². The second-order valence-corrected chi connectivity index (χ2v) is 6.55. The van der Waals surface area contributed by atoms with E-state index in [9.17, 15) is 14.4 Å². The number of carbonyl (C=O) groups is 3. The first kappa shape index (κ1) is 16.5. The molecule has 3 rings (SSSR count). The normalized spacial score (nSPS) is 21.5. The van der Waals surface area contributed by atoms with Crippen LogP contribution in [0.25, 0.3) is 0 Å². The number of piperidine rings is 1. The third-order valence-corrected chi connectivity index (χ3v) is 4.82. The summed E-state index contributed by atoms with van der Waals surface area (Å²) in [5.74, 6) is -0.0980. The van der Waals surface area contributed by atoms with Gasteiger partial charge in [0.2, 0.25) is 11.8 Å². The monoisotopic (exact) mass is 329 g/mol. The highest BCUT2D eigenvalue weighted by Crippen LogP contribution is 2.16. The van der Waals surface area contributed by atoms with E-state index in [4.69, 9.17) is 0 Å². The smallest absolute Gasteiger partial charge is 0.251 e. The van der Waals surface area contributed by atoms with E-state index >= 15 is 0 Å².